The van der Waals surface area contributed by atoms with Gasteiger partial charge < -0.3 is 5.73 Å². The van der Waals surface area contributed by atoms with Gasteiger partial charge in [0.15, 0.2) is 0 Å². The number of carbonyl (C=O) groups excluding carboxylic acids is 1. The van der Waals surface area contributed by atoms with Gasteiger partial charge in [0.05, 0.1) is 6.61 Å². The largest absolute Gasteiger partial charge is 0.350 e. The molecule has 0 aliphatic rings. The third kappa shape index (κ3) is 11.2. The minimum atomic E-state index is -0.632. The second-order valence-corrected chi connectivity index (χ2v) is 3.44. The number of primary amides is 1. The molecule has 0 spiro atoms. The monoisotopic (exact) mass is 202 g/mol. The van der Waals surface area contributed by atoms with E-state index >= 15 is 0 Å². The summed E-state index contributed by atoms with van der Waals surface area (Å²) in [7, 11) is 0. The summed E-state index contributed by atoms with van der Waals surface area (Å²) in [5.41, 5.74) is 6.91. The molecule has 0 aliphatic carbocycles. The standard InChI is InChI=1S/C10H22N2O2/c1-2-3-4-5-6-7-8-9-14-12-10(11)13/h2-9H2,1H3,(H3,11,12,13). The van der Waals surface area contributed by atoms with Gasteiger partial charge in [-0.3, -0.25) is 4.84 Å². The lowest BCUT2D eigenvalue weighted by molar-refractivity contribution is 0.0616. The maximum absolute atomic E-state index is 10.2. The molecule has 2 amide bonds. The molecule has 0 aromatic rings. The van der Waals surface area contributed by atoms with Crippen LogP contribution in [0.5, 0.6) is 0 Å². The molecule has 0 saturated heterocycles. The summed E-state index contributed by atoms with van der Waals surface area (Å²) >= 11 is 0. The highest BCUT2D eigenvalue weighted by atomic mass is 16.7. The molecule has 4 nitrogen and oxygen atoms in total. The molecule has 0 aromatic heterocycles. The molecule has 0 heterocycles. The molecule has 0 radical (unpaired) electrons. The molecule has 0 rings (SSSR count). The Morgan fingerprint density at radius 2 is 1.71 bits per heavy atom. The fourth-order valence-corrected chi connectivity index (χ4v) is 1.25. The lowest BCUT2D eigenvalue weighted by Crippen LogP contribution is -2.29. The number of rotatable bonds is 9. The smallest absolute Gasteiger partial charge is 0.336 e. The SMILES string of the molecule is CCCCCCCCCONC(N)=O. The molecule has 0 aromatic carbocycles. The van der Waals surface area contributed by atoms with E-state index in [-0.39, 0.29) is 0 Å². The van der Waals surface area contributed by atoms with Crippen molar-refractivity contribution in [2.75, 3.05) is 6.61 Å². The zero-order chi connectivity index (χ0) is 10.6. The van der Waals surface area contributed by atoms with Crippen LogP contribution < -0.4 is 11.2 Å². The zero-order valence-corrected chi connectivity index (χ0v) is 9.05. The number of amides is 2. The van der Waals surface area contributed by atoms with Crippen molar-refractivity contribution in [3.63, 3.8) is 0 Å². The van der Waals surface area contributed by atoms with Crippen LogP contribution in [-0.4, -0.2) is 12.6 Å². The van der Waals surface area contributed by atoms with E-state index in [2.05, 4.69) is 12.4 Å². The highest BCUT2D eigenvalue weighted by molar-refractivity contribution is 5.70. The van der Waals surface area contributed by atoms with Gasteiger partial charge in [0.25, 0.3) is 0 Å². The average molecular weight is 202 g/mol. The van der Waals surface area contributed by atoms with Crippen LogP contribution in [0.4, 0.5) is 4.79 Å². The number of unbranched alkanes of at least 4 members (excludes halogenated alkanes) is 6. The van der Waals surface area contributed by atoms with Crippen molar-refractivity contribution >= 4 is 6.03 Å². The van der Waals surface area contributed by atoms with Gasteiger partial charge in [0.2, 0.25) is 0 Å². The molecule has 0 unspecified atom stereocenters. The Hall–Kier alpha value is -0.770. The second kappa shape index (κ2) is 10.3. The van der Waals surface area contributed by atoms with Crippen molar-refractivity contribution in [2.45, 2.75) is 51.9 Å². The fourth-order valence-electron chi connectivity index (χ4n) is 1.25. The molecule has 4 heteroatoms. The molecule has 84 valence electrons. The number of hydrogen-bond acceptors (Lipinski definition) is 2. The molecule has 0 bridgehead atoms. The van der Waals surface area contributed by atoms with E-state index in [1.165, 1.54) is 32.1 Å². The van der Waals surface area contributed by atoms with E-state index in [4.69, 9.17) is 10.6 Å². The molecular weight excluding hydrogens is 180 g/mol. The Morgan fingerprint density at radius 1 is 1.14 bits per heavy atom. The van der Waals surface area contributed by atoms with Gasteiger partial charge in [0, 0.05) is 0 Å². The van der Waals surface area contributed by atoms with Gasteiger partial charge in [-0.25, -0.2) is 10.3 Å². The summed E-state index contributed by atoms with van der Waals surface area (Å²) in [6.07, 6.45) is 8.63. The average Bonchev–Trinajstić information content (AvgIpc) is 2.15. The normalized spacial score (nSPS) is 10.1. The number of nitrogens with two attached hydrogens (primary N) is 1. The van der Waals surface area contributed by atoms with Crippen LogP contribution in [-0.2, 0) is 4.84 Å². The molecule has 14 heavy (non-hydrogen) atoms. The lowest BCUT2D eigenvalue weighted by atomic mass is 10.1. The van der Waals surface area contributed by atoms with Crippen LogP contribution in [0.1, 0.15) is 51.9 Å². The number of nitrogens with one attached hydrogen (secondary N) is 1. The van der Waals surface area contributed by atoms with Crippen LogP contribution in [0.2, 0.25) is 0 Å². The molecule has 0 atom stereocenters. The highest BCUT2D eigenvalue weighted by Crippen LogP contribution is 2.06. The highest BCUT2D eigenvalue weighted by Gasteiger charge is 1.92. The quantitative estimate of drug-likeness (QED) is 0.445. The third-order valence-electron chi connectivity index (χ3n) is 2.02. The summed E-state index contributed by atoms with van der Waals surface area (Å²) in [4.78, 5) is 15.0. The lowest BCUT2D eigenvalue weighted by Gasteiger charge is -2.02. The Balaban J connectivity index is 2.88. The minimum absolute atomic E-state index is 0.552. The maximum Gasteiger partial charge on any atom is 0.336 e. The Labute approximate surface area is 86.1 Å². The number of carbonyl (C=O) groups is 1. The van der Waals surface area contributed by atoms with E-state index in [9.17, 15) is 4.79 Å². The predicted octanol–water partition coefficient (Wildman–Crippen LogP) is 2.34. The molecule has 3 N–H and O–H groups in total. The van der Waals surface area contributed by atoms with Crippen LogP contribution >= 0.6 is 0 Å². The minimum Gasteiger partial charge on any atom is -0.350 e. The van der Waals surface area contributed by atoms with Gasteiger partial charge in [-0.05, 0) is 6.42 Å². The Morgan fingerprint density at radius 3 is 2.29 bits per heavy atom. The summed E-state index contributed by atoms with van der Waals surface area (Å²) in [5.74, 6) is 0. The van der Waals surface area contributed by atoms with Crippen molar-refractivity contribution in [3.05, 3.63) is 0 Å². The van der Waals surface area contributed by atoms with Crippen molar-refractivity contribution < 1.29 is 9.63 Å². The summed E-state index contributed by atoms with van der Waals surface area (Å²) < 4.78 is 0. The first kappa shape index (κ1) is 13.2. The molecular formula is C10H22N2O2. The van der Waals surface area contributed by atoms with Crippen molar-refractivity contribution in [3.8, 4) is 0 Å². The van der Waals surface area contributed by atoms with Crippen LogP contribution in [0.3, 0.4) is 0 Å². The molecule has 0 saturated carbocycles. The molecule has 0 fully saturated rings. The van der Waals surface area contributed by atoms with E-state index in [0.717, 1.165) is 12.8 Å². The van der Waals surface area contributed by atoms with Crippen LogP contribution in [0.15, 0.2) is 0 Å². The first-order chi connectivity index (χ1) is 6.77. The maximum atomic E-state index is 10.2. The van der Waals surface area contributed by atoms with Gasteiger partial charge in [-0.15, -0.1) is 0 Å². The first-order valence-electron chi connectivity index (χ1n) is 5.44. The van der Waals surface area contributed by atoms with Crippen molar-refractivity contribution in [2.24, 2.45) is 5.73 Å². The predicted molar refractivity (Wildman–Crippen MR) is 56.7 cm³/mol. The van der Waals surface area contributed by atoms with Gasteiger partial charge in [-0.2, -0.15) is 0 Å². The first-order valence-corrected chi connectivity index (χ1v) is 5.44. The van der Waals surface area contributed by atoms with E-state index in [1.807, 2.05) is 0 Å². The number of hydrogen-bond donors (Lipinski definition) is 2. The zero-order valence-electron chi connectivity index (χ0n) is 9.05. The Bertz CT molecular complexity index is 140. The summed E-state index contributed by atoms with van der Waals surface area (Å²) in [6, 6.07) is -0.632. The van der Waals surface area contributed by atoms with Crippen molar-refractivity contribution in [1.29, 1.82) is 0 Å². The van der Waals surface area contributed by atoms with E-state index in [0.29, 0.717) is 6.61 Å². The van der Waals surface area contributed by atoms with Gasteiger partial charge in [0.1, 0.15) is 0 Å². The molecule has 0 aliphatic heterocycles. The van der Waals surface area contributed by atoms with Crippen LogP contribution in [0.25, 0.3) is 0 Å². The second-order valence-electron chi connectivity index (χ2n) is 3.44. The summed E-state index contributed by atoms with van der Waals surface area (Å²) in [5, 5.41) is 0. The number of urea groups is 1. The fraction of sp³-hybridized carbons (Fsp3) is 0.900. The van der Waals surface area contributed by atoms with E-state index in [1.54, 1.807) is 0 Å². The topological polar surface area (TPSA) is 64.3 Å². The van der Waals surface area contributed by atoms with Crippen LogP contribution in [0, 0.1) is 0 Å². The van der Waals surface area contributed by atoms with E-state index < -0.39 is 6.03 Å². The summed E-state index contributed by atoms with van der Waals surface area (Å²) in [6.45, 7) is 2.76. The Kier molecular flexibility index (Phi) is 9.74. The van der Waals surface area contributed by atoms with Gasteiger partial charge >= 0.3 is 6.03 Å². The van der Waals surface area contributed by atoms with Gasteiger partial charge in [-0.1, -0.05) is 45.4 Å². The van der Waals surface area contributed by atoms with Crippen molar-refractivity contribution in [1.82, 2.24) is 5.48 Å². The number of hydroxylamine groups is 1. The third-order valence-corrected chi connectivity index (χ3v) is 2.02.